The standard InChI is InChI=1S/C17H17NO2/c1-2-7-16-14(5-1)15-6-3-4-13(17(15)20-16)12-18-8-10-19-11-9-18/h1-7H,8-12H2. The third kappa shape index (κ3) is 1.99. The molecular formula is C17H17NO2. The number of morpholine rings is 1. The zero-order chi connectivity index (χ0) is 13.4. The predicted molar refractivity (Wildman–Crippen MR) is 79.8 cm³/mol. The molecular weight excluding hydrogens is 250 g/mol. The van der Waals surface area contributed by atoms with Crippen LogP contribution >= 0.6 is 0 Å². The molecule has 1 fully saturated rings. The van der Waals surface area contributed by atoms with Crippen molar-refractivity contribution >= 4 is 21.9 Å². The second kappa shape index (κ2) is 4.93. The molecule has 0 spiro atoms. The van der Waals surface area contributed by atoms with Gasteiger partial charge in [-0.25, -0.2) is 0 Å². The van der Waals surface area contributed by atoms with Crippen LogP contribution in [0.4, 0.5) is 0 Å². The molecule has 0 bridgehead atoms. The van der Waals surface area contributed by atoms with Crippen LogP contribution < -0.4 is 0 Å². The highest BCUT2D eigenvalue weighted by molar-refractivity contribution is 6.05. The molecule has 3 nitrogen and oxygen atoms in total. The van der Waals surface area contributed by atoms with E-state index in [2.05, 4.69) is 35.2 Å². The Hall–Kier alpha value is -1.84. The van der Waals surface area contributed by atoms with Crippen LogP contribution in [0.5, 0.6) is 0 Å². The summed E-state index contributed by atoms with van der Waals surface area (Å²) in [4.78, 5) is 2.42. The molecule has 0 N–H and O–H groups in total. The maximum Gasteiger partial charge on any atom is 0.139 e. The van der Waals surface area contributed by atoms with Gasteiger partial charge in [0.1, 0.15) is 11.2 Å². The maximum absolute atomic E-state index is 6.07. The van der Waals surface area contributed by atoms with E-state index in [1.165, 1.54) is 16.3 Å². The van der Waals surface area contributed by atoms with Crippen molar-refractivity contribution in [1.82, 2.24) is 4.90 Å². The van der Waals surface area contributed by atoms with Gasteiger partial charge in [-0.05, 0) is 6.07 Å². The van der Waals surface area contributed by atoms with E-state index >= 15 is 0 Å². The van der Waals surface area contributed by atoms with E-state index in [9.17, 15) is 0 Å². The molecule has 0 unspecified atom stereocenters. The number of furan rings is 1. The quantitative estimate of drug-likeness (QED) is 0.711. The lowest BCUT2D eigenvalue weighted by Gasteiger charge is -2.26. The highest BCUT2D eigenvalue weighted by Gasteiger charge is 2.15. The van der Waals surface area contributed by atoms with Crippen LogP contribution in [-0.4, -0.2) is 31.2 Å². The van der Waals surface area contributed by atoms with Gasteiger partial charge in [0.15, 0.2) is 0 Å². The number of hydrogen-bond donors (Lipinski definition) is 0. The molecule has 1 aromatic heterocycles. The summed E-state index contributed by atoms with van der Waals surface area (Å²) in [5.74, 6) is 0. The summed E-state index contributed by atoms with van der Waals surface area (Å²) >= 11 is 0. The molecule has 0 saturated carbocycles. The third-order valence-corrected chi connectivity index (χ3v) is 3.98. The first-order valence-corrected chi connectivity index (χ1v) is 7.11. The molecule has 0 atom stereocenters. The molecule has 2 heterocycles. The Morgan fingerprint density at radius 2 is 1.70 bits per heavy atom. The minimum Gasteiger partial charge on any atom is -0.456 e. The Morgan fingerprint density at radius 1 is 0.900 bits per heavy atom. The molecule has 3 heteroatoms. The number of fused-ring (bicyclic) bond motifs is 3. The molecule has 20 heavy (non-hydrogen) atoms. The average molecular weight is 267 g/mol. The Balaban J connectivity index is 1.78. The highest BCUT2D eigenvalue weighted by Crippen LogP contribution is 2.31. The Bertz CT molecular complexity index is 741. The van der Waals surface area contributed by atoms with Crippen molar-refractivity contribution in [3.05, 3.63) is 48.0 Å². The number of benzene rings is 2. The van der Waals surface area contributed by atoms with E-state index in [1.807, 2.05) is 12.1 Å². The first-order chi connectivity index (χ1) is 9.92. The number of rotatable bonds is 2. The fourth-order valence-electron chi connectivity index (χ4n) is 2.93. The minimum atomic E-state index is 0.829. The summed E-state index contributed by atoms with van der Waals surface area (Å²) < 4.78 is 11.5. The normalized spacial score (nSPS) is 17.0. The SMILES string of the molecule is c1ccc2c(c1)oc1c(CN3CCOCC3)cccc12. The van der Waals surface area contributed by atoms with Gasteiger partial charge in [-0.3, -0.25) is 4.90 Å². The number of para-hydroxylation sites is 2. The minimum absolute atomic E-state index is 0.829. The van der Waals surface area contributed by atoms with Gasteiger partial charge in [-0.1, -0.05) is 36.4 Å². The summed E-state index contributed by atoms with van der Waals surface area (Å²) in [6.45, 7) is 4.58. The Kier molecular flexibility index (Phi) is 2.94. The van der Waals surface area contributed by atoms with E-state index in [1.54, 1.807) is 0 Å². The lowest BCUT2D eigenvalue weighted by Crippen LogP contribution is -2.35. The van der Waals surface area contributed by atoms with E-state index in [-0.39, 0.29) is 0 Å². The third-order valence-electron chi connectivity index (χ3n) is 3.98. The fraction of sp³-hybridized carbons (Fsp3) is 0.294. The van der Waals surface area contributed by atoms with Crippen LogP contribution in [0, 0.1) is 0 Å². The van der Waals surface area contributed by atoms with E-state index in [4.69, 9.17) is 9.15 Å². The topological polar surface area (TPSA) is 25.6 Å². The summed E-state index contributed by atoms with van der Waals surface area (Å²) in [5, 5.41) is 2.41. The largest absolute Gasteiger partial charge is 0.456 e. The van der Waals surface area contributed by atoms with Gasteiger partial charge >= 0.3 is 0 Å². The molecule has 2 aromatic carbocycles. The zero-order valence-corrected chi connectivity index (χ0v) is 11.3. The average Bonchev–Trinajstić information content (AvgIpc) is 2.88. The predicted octanol–water partition coefficient (Wildman–Crippen LogP) is 3.42. The van der Waals surface area contributed by atoms with E-state index in [0.29, 0.717) is 0 Å². The molecule has 0 aliphatic carbocycles. The van der Waals surface area contributed by atoms with Gasteiger partial charge in [-0.15, -0.1) is 0 Å². The lowest BCUT2D eigenvalue weighted by atomic mass is 10.1. The van der Waals surface area contributed by atoms with Gasteiger partial charge in [0.05, 0.1) is 13.2 Å². The molecule has 4 rings (SSSR count). The van der Waals surface area contributed by atoms with E-state index < -0.39 is 0 Å². The Morgan fingerprint density at radius 3 is 2.60 bits per heavy atom. The van der Waals surface area contributed by atoms with Crippen LogP contribution in [0.2, 0.25) is 0 Å². The summed E-state index contributed by atoms with van der Waals surface area (Å²) in [7, 11) is 0. The van der Waals surface area contributed by atoms with Gasteiger partial charge in [0.2, 0.25) is 0 Å². The summed E-state index contributed by atoms with van der Waals surface area (Å²) in [6.07, 6.45) is 0. The van der Waals surface area contributed by atoms with Crippen molar-refractivity contribution in [2.24, 2.45) is 0 Å². The van der Waals surface area contributed by atoms with Gasteiger partial charge in [0, 0.05) is 36.0 Å². The smallest absolute Gasteiger partial charge is 0.139 e. The van der Waals surface area contributed by atoms with Crippen molar-refractivity contribution < 1.29 is 9.15 Å². The van der Waals surface area contributed by atoms with Crippen molar-refractivity contribution in [3.8, 4) is 0 Å². The fourth-order valence-corrected chi connectivity index (χ4v) is 2.93. The molecule has 0 amide bonds. The number of hydrogen-bond acceptors (Lipinski definition) is 3. The summed E-state index contributed by atoms with van der Waals surface area (Å²) in [6, 6.07) is 14.7. The van der Waals surface area contributed by atoms with Crippen LogP contribution in [-0.2, 0) is 11.3 Å². The van der Waals surface area contributed by atoms with Gasteiger partial charge in [0.25, 0.3) is 0 Å². The van der Waals surface area contributed by atoms with Crippen molar-refractivity contribution in [2.45, 2.75) is 6.54 Å². The Labute approximate surface area is 117 Å². The highest BCUT2D eigenvalue weighted by atomic mass is 16.5. The van der Waals surface area contributed by atoms with Crippen molar-refractivity contribution in [3.63, 3.8) is 0 Å². The number of nitrogens with zero attached hydrogens (tertiary/aromatic N) is 1. The second-order valence-electron chi connectivity index (χ2n) is 5.28. The molecule has 102 valence electrons. The first kappa shape index (κ1) is 11.9. The van der Waals surface area contributed by atoms with Crippen molar-refractivity contribution in [1.29, 1.82) is 0 Å². The van der Waals surface area contributed by atoms with Crippen LogP contribution in [0.15, 0.2) is 46.9 Å². The lowest BCUT2D eigenvalue weighted by molar-refractivity contribution is 0.0342. The van der Waals surface area contributed by atoms with Crippen molar-refractivity contribution in [2.75, 3.05) is 26.3 Å². The molecule has 0 radical (unpaired) electrons. The van der Waals surface area contributed by atoms with E-state index in [0.717, 1.165) is 44.0 Å². The molecule has 1 saturated heterocycles. The maximum atomic E-state index is 6.07. The monoisotopic (exact) mass is 267 g/mol. The van der Waals surface area contributed by atoms with Crippen LogP contribution in [0.1, 0.15) is 5.56 Å². The second-order valence-corrected chi connectivity index (χ2v) is 5.28. The molecule has 1 aliphatic rings. The molecule has 3 aromatic rings. The van der Waals surface area contributed by atoms with Gasteiger partial charge in [-0.2, -0.15) is 0 Å². The van der Waals surface area contributed by atoms with Crippen LogP contribution in [0.25, 0.3) is 21.9 Å². The first-order valence-electron chi connectivity index (χ1n) is 7.11. The molecule has 1 aliphatic heterocycles. The number of ether oxygens (including phenoxy) is 1. The zero-order valence-electron chi connectivity index (χ0n) is 11.3. The summed E-state index contributed by atoms with van der Waals surface area (Å²) in [5.41, 5.74) is 3.26. The van der Waals surface area contributed by atoms with Crippen LogP contribution in [0.3, 0.4) is 0 Å². The van der Waals surface area contributed by atoms with Gasteiger partial charge < -0.3 is 9.15 Å².